The molecule has 0 unspecified atom stereocenters. The van der Waals surface area contributed by atoms with Gasteiger partial charge in [-0.2, -0.15) is 9.40 Å². The Hall–Kier alpha value is -2.26. The van der Waals surface area contributed by atoms with E-state index in [9.17, 15) is 17.6 Å². The van der Waals surface area contributed by atoms with Gasteiger partial charge in [-0.15, -0.1) is 0 Å². The Labute approximate surface area is 176 Å². The molecular weight excluding hydrogens is 407 g/mol. The molecule has 30 heavy (non-hydrogen) atoms. The van der Waals surface area contributed by atoms with Crippen LogP contribution in [0, 0.1) is 11.7 Å². The van der Waals surface area contributed by atoms with Crippen LogP contribution in [-0.4, -0.2) is 41.5 Å². The summed E-state index contributed by atoms with van der Waals surface area (Å²) in [5.74, 6) is -0.444. The van der Waals surface area contributed by atoms with E-state index in [1.807, 2.05) is 4.68 Å². The van der Waals surface area contributed by atoms with Crippen molar-refractivity contribution in [3.05, 3.63) is 42.3 Å². The monoisotopic (exact) mass is 434 g/mol. The number of piperidine rings is 1. The van der Waals surface area contributed by atoms with Gasteiger partial charge in [0.25, 0.3) is 0 Å². The maximum Gasteiger partial charge on any atom is 0.243 e. The zero-order chi connectivity index (χ0) is 21.1. The third kappa shape index (κ3) is 4.41. The van der Waals surface area contributed by atoms with Crippen molar-refractivity contribution in [2.75, 3.05) is 18.4 Å². The van der Waals surface area contributed by atoms with Crippen molar-refractivity contribution >= 4 is 21.7 Å². The number of rotatable bonds is 5. The van der Waals surface area contributed by atoms with Crippen LogP contribution in [0.2, 0.25) is 0 Å². The number of hydrogen-bond donors (Lipinski definition) is 1. The minimum absolute atomic E-state index is 0.0420. The van der Waals surface area contributed by atoms with Crippen molar-refractivity contribution < 1.29 is 17.6 Å². The molecule has 2 fully saturated rings. The maximum absolute atomic E-state index is 13.2. The van der Waals surface area contributed by atoms with E-state index in [1.165, 1.54) is 22.9 Å². The van der Waals surface area contributed by atoms with Crippen LogP contribution in [0.4, 0.5) is 10.2 Å². The van der Waals surface area contributed by atoms with Gasteiger partial charge >= 0.3 is 0 Å². The van der Waals surface area contributed by atoms with Crippen LogP contribution in [0.5, 0.6) is 0 Å². The molecule has 1 saturated carbocycles. The largest absolute Gasteiger partial charge is 0.311 e. The number of sulfonamides is 1. The molecule has 1 N–H and O–H groups in total. The van der Waals surface area contributed by atoms with Crippen LogP contribution in [0.1, 0.15) is 51.0 Å². The molecule has 0 radical (unpaired) electrons. The minimum Gasteiger partial charge on any atom is -0.311 e. The molecule has 162 valence electrons. The highest BCUT2D eigenvalue weighted by atomic mass is 32.2. The lowest BCUT2D eigenvalue weighted by Crippen LogP contribution is -2.43. The van der Waals surface area contributed by atoms with Gasteiger partial charge < -0.3 is 5.32 Å². The summed E-state index contributed by atoms with van der Waals surface area (Å²) in [4.78, 5) is 13.0. The summed E-state index contributed by atoms with van der Waals surface area (Å²) >= 11 is 0. The molecule has 1 atom stereocenters. The van der Waals surface area contributed by atoms with E-state index in [4.69, 9.17) is 0 Å². The van der Waals surface area contributed by atoms with Gasteiger partial charge in [-0.3, -0.25) is 4.79 Å². The summed E-state index contributed by atoms with van der Waals surface area (Å²) < 4.78 is 42.2. The molecule has 7 nitrogen and oxygen atoms in total. The smallest absolute Gasteiger partial charge is 0.243 e. The van der Waals surface area contributed by atoms with Crippen LogP contribution in [0.15, 0.2) is 41.4 Å². The highest BCUT2D eigenvalue weighted by Crippen LogP contribution is 2.30. The first-order chi connectivity index (χ1) is 14.4. The van der Waals surface area contributed by atoms with Gasteiger partial charge in [-0.25, -0.2) is 17.5 Å². The average Bonchev–Trinajstić information content (AvgIpc) is 3.23. The fourth-order valence-electron chi connectivity index (χ4n) is 4.39. The Morgan fingerprint density at radius 2 is 1.77 bits per heavy atom. The van der Waals surface area contributed by atoms with Gasteiger partial charge in [-0.1, -0.05) is 19.3 Å². The second-order valence-corrected chi connectivity index (χ2v) is 10.0. The van der Waals surface area contributed by atoms with Gasteiger partial charge in [0.1, 0.15) is 11.6 Å². The van der Waals surface area contributed by atoms with Gasteiger partial charge in [0, 0.05) is 19.2 Å². The van der Waals surface area contributed by atoms with Crippen LogP contribution in [0.25, 0.3) is 0 Å². The molecule has 4 rings (SSSR count). The van der Waals surface area contributed by atoms with Crippen molar-refractivity contribution in [2.45, 2.75) is 55.9 Å². The highest BCUT2D eigenvalue weighted by molar-refractivity contribution is 7.89. The SMILES string of the molecule is O=C(Nc1ccnn1C1CCCCC1)[C@H]1CCCN(S(=O)(=O)c2ccc(F)cc2)C1. The number of carbonyl (C=O) groups excluding carboxylic acids is 1. The molecule has 1 aromatic heterocycles. The molecule has 1 aromatic carbocycles. The third-order valence-corrected chi connectivity index (χ3v) is 7.93. The summed E-state index contributed by atoms with van der Waals surface area (Å²) in [6.07, 6.45) is 8.58. The van der Waals surface area contributed by atoms with E-state index in [1.54, 1.807) is 12.3 Å². The second-order valence-electron chi connectivity index (χ2n) is 8.10. The lowest BCUT2D eigenvalue weighted by atomic mass is 9.95. The second kappa shape index (κ2) is 8.85. The number of amides is 1. The van der Waals surface area contributed by atoms with E-state index in [-0.39, 0.29) is 17.3 Å². The number of halogens is 1. The quantitative estimate of drug-likeness (QED) is 0.780. The Morgan fingerprint density at radius 1 is 1.03 bits per heavy atom. The normalized spacial score (nSPS) is 21.4. The molecule has 9 heteroatoms. The number of nitrogens with zero attached hydrogens (tertiary/aromatic N) is 3. The summed E-state index contributed by atoms with van der Waals surface area (Å²) in [5.41, 5.74) is 0. The van der Waals surface area contributed by atoms with E-state index in [0.29, 0.717) is 31.2 Å². The molecule has 1 aliphatic heterocycles. The number of nitrogens with one attached hydrogen (secondary N) is 1. The molecule has 0 spiro atoms. The zero-order valence-corrected chi connectivity index (χ0v) is 17.7. The topological polar surface area (TPSA) is 84.3 Å². The number of hydrogen-bond acceptors (Lipinski definition) is 4. The first-order valence-corrected chi connectivity index (χ1v) is 12.0. The van der Waals surface area contributed by atoms with E-state index >= 15 is 0 Å². The Bertz CT molecular complexity index is 984. The lowest BCUT2D eigenvalue weighted by Gasteiger charge is -2.31. The molecular formula is C21H27FN4O3S. The number of benzene rings is 1. The van der Waals surface area contributed by atoms with E-state index < -0.39 is 21.8 Å². The van der Waals surface area contributed by atoms with Crippen molar-refractivity contribution in [1.82, 2.24) is 14.1 Å². The predicted molar refractivity (Wildman–Crippen MR) is 111 cm³/mol. The average molecular weight is 435 g/mol. The minimum atomic E-state index is -3.76. The van der Waals surface area contributed by atoms with E-state index in [0.717, 1.165) is 37.8 Å². The van der Waals surface area contributed by atoms with Crippen molar-refractivity contribution in [2.24, 2.45) is 5.92 Å². The van der Waals surface area contributed by atoms with Gasteiger partial charge in [-0.05, 0) is 49.9 Å². The van der Waals surface area contributed by atoms with Crippen LogP contribution < -0.4 is 5.32 Å². The maximum atomic E-state index is 13.2. The lowest BCUT2D eigenvalue weighted by molar-refractivity contribution is -0.120. The zero-order valence-electron chi connectivity index (χ0n) is 16.8. The number of aromatic nitrogens is 2. The Morgan fingerprint density at radius 3 is 2.50 bits per heavy atom. The number of carbonyl (C=O) groups is 1. The van der Waals surface area contributed by atoms with Crippen LogP contribution in [0.3, 0.4) is 0 Å². The Balaban J connectivity index is 1.44. The molecule has 2 heterocycles. The summed E-state index contributed by atoms with van der Waals surface area (Å²) in [5, 5.41) is 7.37. The van der Waals surface area contributed by atoms with Gasteiger partial charge in [0.05, 0.1) is 23.1 Å². The van der Waals surface area contributed by atoms with Gasteiger partial charge in [0.2, 0.25) is 15.9 Å². The highest BCUT2D eigenvalue weighted by Gasteiger charge is 2.34. The summed E-state index contributed by atoms with van der Waals surface area (Å²) in [6, 6.07) is 6.88. The Kier molecular flexibility index (Phi) is 6.19. The first kappa shape index (κ1) is 21.0. The van der Waals surface area contributed by atoms with Crippen LogP contribution in [-0.2, 0) is 14.8 Å². The summed E-state index contributed by atoms with van der Waals surface area (Å²) in [7, 11) is -3.76. The molecule has 1 saturated heterocycles. The number of anilines is 1. The molecule has 0 bridgehead atoms. The standard InChI is InChI=1S/C21H27FN4O3S/c22-17-8-10-19(11-9-17)30(28,29)25-14-4-5-16(15-25)21(27)24-20-12-13-23-26(20)18-6-2-1-3-7-18/h8-13,16,18H,1-7,14-15H2,(H,24,27)/t16-/m0/s1. The first-order valence-electron chi connectivity index (χ1n) is 10.6. The third-order valence-electron chi connectivity index (χ3n) is 6.05. The molecule has 1 amide bonds. The van der Waals surface area contributed by atoms with Crippen molar-refractivity contribution in [3.8, 4) is 0 Å². The fourth-order valence-corrected chi connectivity index (χ4v) is 5.91. The van der Waals surface area contributed by atoms with E-state index in [2.05, 4.69) is 10.4 Å². The fraction of sp³-hybridized carbons (Fsp3) is 0.524. The van der Waals surface area contributed by atoms with Crippen molar-refractivity contribution in [1.29, 1.82) is 0 Å². The molecule has 2 aliphatic rings. The predicted octanol–water partition coefficient (Wildman–Crippen LogP) is 3.57. The van der Waals surface area contributed by atoms with Crippen molar-refractivity contribution in [3.63, 3.8) is 0 Å². The van der Waals surface area contributed by atoms with Gasteiger partial charge in [0.15, 0.2) is 0 Å². The summed E-state index contributed by atoms with van der Waals surface area (Å²) in [6.45, 7) is 0.465. The molecule has 1 aliphatic carbocycles. The molecule has 2 aromatic rings. The van der Waals surface area contributed by atoms with Crippen LogP contribution >= 0.6 is 0 Å².